The predicted molar refractivity (Wildman–Crippen MR) is 87.6 cm³/mol. The summed E-state index contributed by atoms with van der Waals surface area (Å²) in [6.07, 6.45) is 1.79. The Morgan fingerprint density at radius 2 is 1.24 bits per heavy atom. The van der Waals surface area contributed by atoms with Gasteiger partial charge in [-0.2, -0.15) is 0 Å². The highest BCUT2D eigenvalue weighted by Crippen LogP contribution is 2.26. The molecule has 0 radical (unpaired) electrons. The third kappa shape index (κ3) is 4.15. The molecule has 3 heteroatoms. The monoisotopic (exact) mass is 304 g/mol. The topological polar surface area (TPSA) is 18.5 Å². The Bertz CT molecular complexity index is 519. The Balaban J connectivity index is 2.13. The Hall–Kier alpha value is -1.67. The van der Waals surface area contributed by atoms with Crippen LogP contribution in [-0.2, 0) is 12.8 Å². The Morgan fingerprint density at radius 1 is 0.810 bits per heavy atom. The van der Waals surface area contributed by atoms with Crippen LogP contribution >= 0.6 is 11.6 Å². The van der Waals surface area contributed by atoms with E-state index in [1.807, 2.05) is 36.4 Å². The molecule has 0 amide bonds. The molecule has 21 heavy (non-hydrogen) atoms. The summed E-state index contributed by atoms with van der Waals surface area (Å²) in [5.41, 5.74) is 2.39. The van der Waals surface area contributed by atoms with Crippen LogP contribution in [0.5, 0.6) is 11.5 Å². The number of alkyl halides is 1. The first-order chi connectivity index (χ1) is 10.3. The van der Waals surface area contributed by atoms with Crippen molar-refractivity contribution < 1.29 is 9.47 Å². The smallest absolute Gasteiger partial charge is 0.122 e. The maximum atomic E-state index is 6.18. The highest BCUT2D eigenvalue weighted by atomic mass is 35.5. The Morgan fingerprint density at radius 3 is 1.62 bits per heavy atom. The Labute approximate surface area is 131 Å². The summed E-state index contributed by atoms with van der Waals surface area (Å²) in [7, 11) is 3.41. The second-order valence-electron chi connectivity index (χ2n) is 5.05. The molecule has 0 spiro atoms. The number of hydrogen-bond acceptors (Lipinski definition) is 2. The van der Waals surface area contributed by atoms with Crippen molar-refractivity contribution in [2.45, 2.75) is 12.8 Å². The van der Waals surface area contributed by atoms with E-state index in [9.17, 15) is 0 Å². The van der Waals surface area contributed by atoms with E-state index < -0.39 is 0 Å². The molecular weight excluding hydrogens is 284 g/mol. The first kappa shape index (κ1) is 15.7. The van der Waals surface area contributed by atoms with E-state index in [1.165, 1.54) is 11.1 Å². The fourth-order valence-corrected chi connectivity index (χ4v) is 2.76. The van der Waals surface area contributed by atoms with E-state index in [1.54, 1.807) is 14.2 Å². The lowest BCUT2D eigenvalue weighted by Gasteiger charge is -2.17. The molecule has 0 fully saturated rings. The zero-order valence-electron chi connectivity index (χ0n) is 12.5. The third-order valence-electron chi connectivity index (χ3n) is 3.62. The van der Waals surface area contributed by atoms with Gasteiger partial charge in [0.25, 0.3) is 0 Å². The minimum Gasteiger partial charge on any atom is -0.496 e. The van der Waals surface area contributed by atoms with Crippen molar-refractivity contribution in [2.75, 3.05) is 20.1 Å². The minimum atomic E-state index is 0.347. The molecular formula is C18H21ClO2. The van der Waals surface area contributed by atoms with Crippen LogP contribution in [0.15, 0.2) is 48.5 Å². The van der Waals surface area contributed by atoms with Gasteiger partial charge in [-0.1, -0.05) is 36.4 Å². The molecule has 0 atom stereocenters. The summed E-state index contributed by atoms with van der Waals surface area (Å²) in [6.45, 7) is 0. The molecule has 0 aliphatic carbocycles. The summed E-state index contributed by atoms with van der Waals surface area (Å²) in [5.74, 6) is 2.80. The molecule has 0 saturated carbocycles. The van der Waals surface area contributed by atoms with Gasteiger partial charge in [0.05, 0.1) is 14.2 Å². The lowest BCUT2D eigenvalue weighted by atomic mass is 9.93. The molecule has 0 bridgehead atoms. The highest BCUT2D eigenvalue weighted by Gasteiger charge is 2.14. The summed E-state index contributed by atoms with van der Waals surface area (Å²) in [4.78, 5) is 0. The summed E-state index contributed by atoms with van der Waals surface area (Å²) < 4.78 is 10.8. The van der Waals surface area contributed by atoms with Crippen molar-refractivity contribution in [3.63, 3.8) is 0 Å². The van der Waals surface area contributed by atoms with Crippen molar-refractivity contribution >= 4 is 11.6 Å². The summed E-state index contributed by atoms with van der Waals surface area (Å²) >= 11 is 6.18. The average molecular weight is 305 g/mol. The highest BCUT2D eigenvalue weighted by molar-refractivity contribution is 6.18. The normalized spacial score (nSPS) is 10.7. The maximum absolute atomic E-state index is 6.18. The average Bonchev–Trinajstić information content (AvgIpc) is 2.55. The Kier molecular flexibility index (Phi) is 5.94. The number of ether oxygens (including phenoxy) is 2. The van der Waals surface area contributed by atoms with Crippen molar-refractivity contribution in [3.05, 3.63) is 59.7 Å². The van der Waals surface area contributed by atoms with Crippen molar-refractivity contribution in [1.82, 2.24) is 0 Å². The minimum absolute atomic E-state index is 0.347. The molecule has 2 nitrogen and oxygen atoms in total. The number of hydrogen-bond donors (Lipinski definition) is 0. The zero-order chi connectivity index (χ0) is 15.1. The SMILES string of the molecule is COc1ccccc1CC(CCl)Cc1ccccc1OC. The number of methoxy groups -OCH3 is 2. The van der Waals surface area contributed by atoms with E-state index in [-0.39, 0.29) is 0 Å². The van der Waals surface area contributed by atoms with Crippen LogP contribution < -0.4 is 9.47 Å². The number of benzene rings is 2. The molecule has 0 saturated heterocycles. The van der Waals surface area contributed by atoms with E-state index in [0.29, 0.717) is 11.8 Å². The van der Waals surface area contributed by atoms with E-state index in [2.05, 4.69) is 12.1 Å². The molecule has 112 valence electrons. The number of para-hydroxylation sites is 2. The fraction of sp³-hybridized carbons (Fsp3) is 0.333. The van der Waals surface area contributed by atoms with Gasteiger partial charge in [0.15, 0.2) is 0 Å². The van der Waals surface area contributed by atoms with Crippen LogP contribution in [-0.4, -0.2) is 20.1 Å². The molecule has 0 aromatic heterocycles. The largest absolute Gasteiger partial charge is 0.496 e. The fourth-order valence-electron chi connectivity index (χ4n) is 2.55. The van der Waals surface area contributed by atoms with Crippen molar-refractivity contribution in [3.8, 4) is 11.5 Å². The molecule has 2 rings (SSSR count). The molecule has 0 N–H and O–H groups in total. The van der Waals surface area contributed by atoms with Crippen molar-refractivity contribution in [2.24, 2.45) is 5.92 Å². The van der Waals surface area contributed by atoms with Gasteiger partial charge in [-0.15, -0.1) is 11.6 Å². The van der Waals surface area contributed by atoms with Gasteiger partial charge in [-0.05, 0) is 42.0 Å². The summed E-state index contributed by atoms with van der Waals surface area (Å²) in [6, 6.07) is 16.2. The van der Waals surface area contributed by atoms with Crippen LogP contribution in [0, 0.1) is 5.92 Å². The summed E-state index contributed by atoms with van der Waals surface area (Å²) in [5, 5.41) is 0. The number of rotatable bonds is 7. The van der Waals surface area contributed by atoms with Crippen LogP contribution in [0.25, 0.3) is 0 Å². The predicted octanol–water partition coefficient (Wildman–Crippen LogP) is 4.34. The van der Waals surface area contributed by atoms with Gasteiger partial charge >= 0.3 is 0 Å². The van der Waals surface area contributed by atoms with Gasteiger partial charge in [0, 0.05) is 5.88 Å². The van der Waals surface area contributed by atoms with Crippen LogP contribution in [0.1, 0.15) is 11.1 Å². The standard InChI is InChI=1S/C18H21ClO2/c1-20-17-9-5-3-7-15(17)11-14(13-19)12-16-8-4-6-10-18(16)21-2/h3-10,14H,11-13H2,1-2H3. The lowest BCUT2D eigenvalue weighted by molar-refractivity contribution is 0.400. The van der Waals surface area contributed by atoms with Crippen LogP contribution in [0.4, 0.5) is 0 Å². The zero-order valence-corrected chi connectivity index (χ0v) is 13.3. The molecule has 0 aliphatic heterocycles. The van der Waals surface area contributed by atoms with Gasteiger partial charge < -0.3 is 9.47 Å². The molecule has 0 unspecified atom stereocenters. The van der Waals surface area contributed by atoms with Crippen LogP contribution in [0.2, 0.25) is 0 Å². The third-order valence-corrected chi connectivity index (χ3v) is 4.06. The maximum Gasteiger partial charge on any atom is 0.122 e. The van der Waals surface area contributed by atoms with E-state index in [4.69, 9.17) is 21.1 Å². The van der Waals surface area contributed by atoms with Gasteiger partial charge in [-0.3, -0.25) is 0 Å². The van der Waals surface area contributed by atoms with E-state index in [0.717, 1.165) is 24.3 Å². The van der Waals surface area contributed by atoms with Gasteiger partial charge in [0.2, 0.25) is 0 Å². The van der Waals surface area contributed by atoms with E-state index >= 15 is 0 Å². The van der Waals surface area contributed by atoms with Gasteiger partial charge in [-0.25, -0.2) is 0 Å². The number of halogens is 1. The molecule has 2 aromatic carbocycles. The quantitative estimate of drug-likeness (QED) is 0.708. The van der Waals surface area contributed by atoms with Crippen molar-refractivity contribution in [1.29, 1.82) is 0 Å². The second kappa shape index (κ2) is 7.94. The molecule has 0 heterocycles. The molecule has 2 aromatic rings. The lowest BCUT2D eigenvalue weighted by Crippen LogP contribution is -2.11. The second-order valence-corrected chi connectivity index (χ2v) is 5.36. The van der Waals surface area contributed by atoms with Gasteiger partial charge in [0.1, 0.15) is 11.5 Å². The first-order valence-electron chi connectivity index (χ1n) is 7.08. The molecule has 0 aliphatic rings. The van der Waals surface area contributed by atoms with Crippen LogP contribution in [0.3, 0.4) is 0 Å². The first-order valence-corrected chi connectivity index (χ1v) is 7.61.